The maximum Gasteiger partial charge on any atom is 0.233 e. The molecule has 1 rings (SSSR count). The summed E-state index contributed by atoms with van der Waals surface area (Å²) < 4.78 is 0. The molecule has 0 saturated carbocycles. The molecule has 0 aromatic heterocycles. The quantitative estimate of drug-likeness (QED) is 0.534. The maximum atomic E-state index is 11.3. The molecular formula is C9H16NO2P. The van der Waals surface area contributed by atoms with Crippen LogP contribution in [0.3, 0.4) is 0 Å². The zero-order valence-electron chi connectivity index (χ0n) is 8.04. The molecule has 1 saturated heterocycles. The van der Waals surface area contributed by atoms with Crippen molar-refractivity contribution >= 4 is 21.1 Å². The third-order valence-electron chi connectivity index (χ3n) is 2.25. The Labute approximate surface area is 80.9 Å². The van der Waals surface area contributed by atoms with Crippen LogP contribution in [-0.4, -0.2) is 17.5 Å². The van der Waals surface area contributed by atoms with Crippen molar-refractivity contribution in [1.29, 1.82) is 0 Å². The summed E-state index contributed by atoms with van der Waals surface area (Å²) >= 11 is 0. The lowest BCUT2D eigenvalue weighted by Crippen LogP contribution is -2.47. The van der Waals surface area contributed by atoms with E-state index in [4.69, 9.17) is 0 Å². The van der Waals surface area contributed by atoms with Crippen LogP contribution in [0.15, 0.2) is 0 Å². The summed E-state index contributed by atoms with van der Waals surface area (Å²) in [5.74, 6) is 0.258. The summed E-state index contributed by atoms with van der Waals surface area (Å²) in [6.07, 6.45) is 1.54. The van der Waals surface area contributed by atoms with E-state index in [1.165, 1.54) is 0 Å². The van der Waals surface area contributed by atoms with Crippen LogP contribution in [0.4, 0.5) is 0 Å². The summed E-state index contributed by atoms with van der Waals surface area (Å²) in [6.45, 7) is 4.17. The number of hydrogen-bond donors (Lipinski definition) is 1. The van der Waals surface area contributed by atoms with Gasteiger partial charge in [-0.2, -0.15) is 0 Å². The van der Waals surface area contributed by atoms with Gasteiger partial charge in [0.2, 0.25) is 11.8 Å². The fraction of sp³-hybridized carbons (Fsp3) is 0.778. The molecule has 0 aromatic carbocycles. The first-order chi connectivity index (χ1) is 6.00. The fourth-order valence-corrected chi connectivity index (χ4v) is 2.02. The number of carbonyl (C=O) groups excluding carboxylic acids is 2. The zero-order chi connectivity index (χ0) is 10.0. The number of hydrogen-bond acceptors (Lipinski definition) is 2. The van der Waals surface area contributed by atoms with Crippen molar-refractivity contribution in [3.63, 3.8) is 0 Å². The predicted molar refractivity (Wildman–Crippen MR) is 54.2 cm³/mol. The highest BCUT2D eigenvalue weighted by Gasteiger charge is 2.31. The second-order valence-corrected chi connectivity index (χ2v) is 4.83. The number of nitrogens with one attached hydrogen (secondary N) is 1. The Morgan fingerprint density at radius 3 is 2.62 bits per heavy atom. The van der Waals surface area contributed by atoms with Crippen molar-refractivity contribution in [2.24, 2.45) is 11.8 Å². The molecular weight excluding hydrogens is 185 g/mol. The Morgan fingerprint density at radius 1 is 1.46 bits per heavy atom. The highest BCUT2D eigenvalue weighted by Crippen LogP contribution is 2.24. The van der Waals surface area contributed by atoms with E-state index >= 15 is 0 Å². The predicted octanol–water partition coefficient (Wildman–Crippen LogP) is 0.939. The van der Waals surface area contributed by atoms with Crippen LogP contribution < -0.4 is 5.32 Å². The average molecular weight is 201 g/mol. The van der Waals surface area contributed by atoms with Gasteiger partial charge in [-0.05, 0) is 18.8 Å². The largest absolute Gasteiger partial charge is 0.296 e. The molecule has 0 bridgehead atoms. The van der Waals surface area contributed by atoms with Crippen molar-refractivity contribution in [3.8, 4) is 0 Å². The number of carbonyl (C=O) groups is 2. The summed E-state index contributed by atoms with van der Waals surface area (Å²) in [6, 6.07) is 0. The molecule has 2 amide bonds. The lowest BCUT2D eigenvalue weighted by molar-refractivity contribution is -0.136. The Kier molecular flexibility index (Phi) is 3.43. The molecule has 1 N–H and O–H groups in total. The maximum absolute atomic E-state index is 11.3. The van der Waals surface area contributed by atoms with Gasteiger partial charge in [0.05, 0.1) is 5.66 Å². The van der Waals surface area contributed by atoms with Gasteiger partial charge in [-0.25, -0.2) is 0 Å². The molecule has 1 aliphatic rings. The molecule has 0 aliphatic carbocycles. The minimum Gasteiger partial charge on any atom is -0.296 e. The number of imide groups is 1. The molecule has 3 atom stereocenters. The van der Waals surface area contributed by atoms with E-state index in [1.807, 2.05) is 0 Å². The molecule has 0 aromatic rings. The third kappa shape index (κ3) is 2.77. The van der Waals surface area contributed by atoms with E-state index in [-0.39, 0.29) is 23.4 Å². The van der Waals surface area contributed by atoms with Gasteiger partial charge < -0.3 is 0 Å². The van der Waals surface area contributed by atoms with Crippen molar-refractivity contribution in [2.45, 2.75) is 32.3 Å². The summed E-state index contributed by atoms with van der Waals surface area (Å²) in [5.41, 5.74) is -0.0959. The lowest BCUT2D eigenvalue weighted by atomic mass is 9.89. The summed E-state index contributed by atoms with van der Waals surface area (Å²) in [7, 11) is 2.48. The lowest BCUT2D eigenvalue weighted by Gasteiger charge is -2.26. The highest BCUT2D eigenvalue weighted by molar-refractivity contribution is 7.19. The fourth-order valence-electron chi connectivity index (χ4n) is 1.61. The van der Waals surface area contributed by atoms with Gasteiger partial charge in [0.1, 0.15) is 0 Å². The molecule has 3 nitrogen and oxygen atoms in total. The minimum absolute atomic E-state index is 0.0141. The van der Waals surface area contributed by atoms with E-state index in [0.717, 1.165) is 6.42 Å². The van der Waals surface area contributed by atoms with E-state index in [1.54, 1.807) is 0 Å². The first-order valence-corrected chi connectivity index (χ1v) is 5.27. The van der Waals surface area contributed by atoms with Gasteiger partial charge in [0, 0.05) is 5.92 Å². The van der Waals surface area contributed by atoms with Crippen molar-refractivity contribution in [1.82, 2.24) is 5.32 Å². The second kappa shape index (κ2) is 4.19. The molecule has 1 aliphatic heterocycles. The highest BCUT2D eigenvalue weighted by atomic mass is 31.0. The zero-order valence-corrected chi connectivity index (χ0v) is 9.19. The van der Waals surface area contributed by atoms with Crippen LogP contribution >= 0.6 is 9.24 Å². The Hall–Kier alpha value is -0.430. The van der Waals surface area contributed by atoms with Gasteiger partial charge in [-0.15, -0.1) is 9.24 Å². The van der Waals surface area contributed by atoms with Gasteiger partial charge in [0.25, 0.3) is 0 Å². The Morgan fingerprint density at radius 2 is 2.08 bits per heavy atom. The van der Waals surface area contributed by atoms with Gasteiger partial charge in [-0.3, -0.25) is 14.9 Å². The number of piperidine rings is 1. The average Bonchev–Trinajstić information content (AvgIpc) is 1.99. The first-order valence-electron chi connectivity index (χ1n) is 4.61. The molecule has 1 fully saturated rings. The molecule has 3 unspecified atom stereocenters. The molecule has 13 heavy (non-hydrogen) atoms. The van der Waals surface area contributed by atoms with Crippen LogP contribution in [0.25, 0.3) is 0 Å². The monoisotopic (exact) mass is 201 g/mol. The molecule has 1 heterocycles. The second-order valence-electron chi connectivity index (χ2n) is 4.02. The van der Waals surface area contributed by atoms with Gasteiger partial charge in [-0.1, -0.05) is 13.8 Å². The van der Waals surface area contributed by atoms with Crippen molar-refractivity contribution < 1.29 is 9.59 Å². The van der Waals surface area contributed by atoms with Crippen molar-refractivity contribution in [2.75, 3.05) is 0 Å². The normalized spacial score (nSPS) is 29.2. The minimum atomic E-state index is -0.157. The molecule has 4 heteroatoms. The number of amides is 2. The van der Waals surface area contributed by atoms with Crippen LogP contribution in [0.2, 0.25) is 0 Å². The first kappa shape index (κ1) is 10.6. The van der Waals surface area contributed by atoms with E-state index < -0.39 is 0 Å². The van der Waals surface area contributed by atoms with Crippen LogP contribution in [0, 0.1) is 11.8 Å². The summed E-state index contributed by atoms with van der Waals surface area (Å²) in [4.78, 5) is 22.4. The van der Waals surface area contributed by atoms with E-state index in [0.29, 0.717) is 12.3 Å². The van der Waals surface area contributed by atoms with Gasteiger partial charge in [0.15, 0.2) is 0 Å². The molecule has 0 spiro atoms. The smallest absolute Gasteiger partial charge is 0.233 e. The van der Waals surface area contributed by atoms with Crippen LogP contribution in [0.1, 0.15) is 26.7 Å². The molecule has 74 valence electrons. The van der Waals surface area contributed by atoms with E-state index in [9.17, 15) is 9.59 Å². The van der Waals surface area contributed by atoms with E-state index in [2.05, 4.69) is 28.4 Å². The van der Waals surface area contributed by atoms with Crippen LogP contribution in [0.5, 0.6) is 0 Å². The van der Waals surface area contributed by atoms with Gasteiger partial charge >= 0.3 is 0 Å². The summed E-state index contributed by atoms with van der Waals surface area (Å²) in [5, 5.41) is 2.39. The topological polar surface area (TPSA) is 46.2 Å². The Bertz CT molecular complexity index is 228. The standard InChI is InChI=1S/C9H16NO2P/c1-5(2)3-6-4-7(13)9(12)10-8(6)11/h5-7H,3-4,13H2,1-2H3,(H,10,11,12). The van der Waals surface area contributed by atoms with Crippen molar-refractivity contribution in [3.05, 3.63) is 0 Å². The number of rotatable bonds is 2. The third-order valence-corrected chi connectivity index (χ3v) is 2.82. The molecule has 0 radical (unpaired) electrons. The SMILES string of the molecule is CC(C)CC1CC(P)C(=O)NC1=O. The van der Waals surface area contributed by atoms with Crippen LogP contribution in [-0.2, 0) is 9.59 Å². The Balaban J connectivity index is 2.56.